The highest BCUT2D eigenvalue weighted by Crippen LogP contribution is 2.36. The summed E-state index contributed by atoms with van der Waals surface area (Å²) in [5, 5.41) is 3.85. The minimum absolute atomic E-state index is 0.258. The third-order valence-corrected chi connectivity index (χ3v) is 6.04. The fourth-order valence-electron chi connectivity index (χ4n) is 4.03. The highest BCUT2D eigenvalue weighted by atomic mass is 35.5. The van der Waals surface area contributed by atoms with Crippen molar-refractivity contribution >= 4 is 46.1 Å². The minimum Gasteiger partial charge on any atom is -0.378 e. The first-order valence-electron chi connectivity index (χ1n) is 10.7. The Balaban J connectivity index is 1.83. The second-order valence-corrected chi connectivity index (χ2v) is 8.95. The van der Waals surface area contributed by atoms with E-state index in [0.29, 0.717) is 16.3 Å². The molecule has 0 aromatic heterocycles. The molecule has 1 aliphatic heterocycles. The topological polar surface area (TPSA) is 52.7 Å². The maximum Gasteiger partial charge on any atom is 0.282 e. The number of carbonyl (C=O) groups is 2. The molecule has 0 unspecified atom stereocenters. The van der Waals surface area contributed by atoms with Crippen LogP contribution in [0.1, 0.15) is 22.3 Å². The van der Waals surface area contributed by atoms with Crippen molar-refractivity contribution in [1.29, 1.82) is 0 Å². The van der Waals surface area contributed by atoms with Gasteiger partial charge in [-0.25, -0.2) is 4.90 Å². The quantitative estimate of drug-likeness (QED) is 0.495. The SMILES string of the molecule is Cc1ccc(C2=C(Nc3ccc(Cl)cc3C)C(=O)N(c3ccc(N(C)C)cc3)C2=O)c(C)c1. The van der Waals surface area contributed by atoms with Gasteiger partial charge in [0.15, 0.2) is 0 Å². The summed E-state index contributed by atoms with van der Waals surface area (Å²) in [4.78, 5) is 30.5. The summed E-state index contributed by atoms with van der Waals surface area (Å²) in [7, 11) is 3.88. The second-order valence-electron chi connectivity index (χ2n) is 8.51. The molecule has 5 nitrogen and oxygen atoms in total. The summed E-state index contributed by atoms with van der Waals surface area (Å²) in [6.45, 7) is 5.86. The van der Waals surface area contributed by atoms with Crippen molar-refractivity contribution in [2.45, 2.75) is 20.8 Å². The standard InChI is InChI=1S/C27H26ClN3O2/c1-16-6-12-22(17(2)14-16)24-25(29-23-13-7-19(28)15-18(23)3)27(33)31(26(24)32)21-10-8-20(9-11-21)30(4)5/h6-15,29H,1-5H3. The summed E-state index contributed by atoms with van der Waals surface area (Å²) in [5.41, 5.74) is 6.50. The lowest BCUT2D eigenvalue weighted by molar-refractivity contribution is -0.120. The molecular weight excluding hydrogens is 434 g/mol. The average Bonchev–Trinajstić information content (AvgIpc) is 3.00. The third kappa shape index (κ3) is 4.24. The fourth-order valence-corrected chi connectivity index (χ4v) is 4.25. The van der Waals surface area contributed by atoms with E-state index in [4.69, 9.17) is 11.6 Å². The van der Waals surface area contributed by atoms with Crippen molar-refractivity contribution < 1.29 is 9.59 Å². The zero-order valence-corrected chi connectivity index (χ0v) is 20.1. The predicted octanol–water partition coefficient (Wildman–Crippen LogP) is 5.73. The maximum atomic E-state index is 13.7. The van der Waals surface area contributed by atoms with Crippen molar-refractivity contribution in [2.75, 3.05) is 29.2 Å². The number of rotatable bonds is 5. The van der Waals surface area contributed by atoms with Crippen LogP contribution in [0, 0.1) is 20.8 Å². The molecule has 168 valence electrons. The Morgan fingerprint density at radius 2 is 1.52 bits per heavy atom. The van der Waals surface area contributed by atoms with Crippen molar-refractivity contribution in [1.82, 2.24) is 0 Å². The Bertz CT molecular complexity index is 1290. The molecule has 33 heavy (non-hydrogen) atoms. The van der Waals surface area contributed by atoms with Gasteiger partial charge in [0, 0.05) is 30.5 Å². The Morgan fingerprint density at radius 3 is 2.12 bits per heavy atom. The number of aryl methyl sites for hydroxylation is 3. The smallest absolute Gasteiger partial charge is 0.282 e. The van der Waals surface area contributed by atoms with E-state index in [1.165, 1.54) is 4.90 Å². The van der Waals surface area contributed by atoms with E-state index in [0.717, 1.165) is 33.6 Å². The van der Waals surface area contributed by atoms with Crippen molar-refractivity contribution in [2.24, 2.45) is 0 Å². The number of carbonyl (C=O) groups excluding carboxylic acids is 2. The van der Waals surface area contributed by atoms with Crippen LogP contribution in [0.4, 0.5) is 17.1 Å². The van der Waals surface area contributed by atoms with Gasteiger partial charge in [0.25, 0.3) is 11.8 Å². The number of hydrogen-bond acceptors (Lipinski definition) is 4. The molecule has 0 saturated heterocycles. The number of nitrogens with zero attached hydrogens (tertiary/aromatic N) is 2. The molecule has 6 heteroatoms. The van der Waals surface area contributed by atoms with Gasteiger partial charge in [-0.3, -0.25) is 9.59 Å². The molecule has 1 N–H and O–H groups in total. The maximum absolute atomic E-state index is 13.7. The molecule has 1 heterocycles. The molecule has 0 aliphatic carbocycles. The second kappa shape index (κ2) is 8.75. The highest BCUT2D eigenvalue weighted by Gasteiger charge is 2.40. The van der Waals surface area contributed by atoms with Crippen molar-refractivity contribution in [3.05, 3.63) is 93.6 Å². The van der Waals surface area contributed by atoms with Gasteiger partial charge < -0.3 is 10.2 Å². The van der Waals surface area contributed by atoms with E-state index in [1.807, 2.05) is 82.2 Å². The van der Waals surface area contributed by atoms with Gasteiger partial charge in [-0.1, -0.05) is 35.4 Å². The van der Waals surface area contributed by atoms with E-state index < -0.39 is 0 Å². The lowest BCUT2D eigenvalue weighted by Gasteiger charge is -2.18. The van der Waals surface area contributed by atoms with Crippen LogP contribution >= 0.6 is 11.6 Å². The van der Waals surface area contributed by atoms with Crippen LogP contribution in [0.5, 0.6) is 0 Å². The lowest BCUT2D eigenvalue weighted by atomic mass is 9.97. The summed E-state index contributed by atoms with van der Waals surface area (Å²) in [6.07, 6.45) is 0. The monoisotopic (exact) mass is 459 g/mol. The van der Waals surface area contributed by atoms with E-state index in [1.54, 1.807) is 18.2 Å². The molecule has 3 aromatic rings. The van der Waals surface area contributed by atoms with Gasteiger partial charge in [0.05, 0.1) is 11.3 Å². The lowest BCUT2D eigenvalue weighted by Crippen LogP contribution is -2.32. The Morgan fingerprint density at radius 1 is 0.818 bits per heavy atom. The Labute approximate surface area is 199 Å². The van der Waals surface area contributed by atoms with Crippen molar-refractivity contribution in [3.8, 4) is 0 Å². The Hall–Kier alpha value is -3.57. The first-order chi connectivity index (χ1) is 15.7. The van der Waals surface area contributed by atoms with Crippen LogP contribution in [0.3, 0.4) is 0 Å². The molecule has 0 bridgehead atoms. The fraction of sp³-hybridized carbons (Fsp3) is 0.185. The number of benzene rings is 3. The van der Waals surface area contributed by atoms with Crippen LogP contribution < -0.4 is 15.1 Å². The average molecular weight is 460 g/mol. The third-order valence-electron chi connectivity index (χ3n) is 5.81. The van der Waals surface area contributed by atoms with Crippen LogP contribution in [-0.4, -0.2) is 25.9 Å². The number of nitrogens with one attached hydrogen (secondary N) is 1. The molecule has 0 spiro atoms. The first-order valence-corrected chi connectivity index (χ1v) is 11.1. The zero-order valence-electron chi connectivity index (χ0n) is 19.4. The van der Waals surface area contributed by atoms with E-state index in [-0.39, 0.29) is 17.5 Å². The highest BCUT2D eigenvalue weighted by molar-refractivity contribution is 6.46. The summed E-state index contributed by atoms with van der Waals surface area (Å²) in [5.74, 6) is -0.736. The van der Waals surface area contributed by atoms with Gasteiger partial charge in [0.2, 0.25) is 0 Å². The summed E-state index contributed by atoms with van der Waals surface area (Å²) >= 11 is 6.11. The molecule has 1 aliphatic rings. The van der Waals surface area contributed by atoms with E-state index in [9.17, 15) is 9.59 Å². The molecule has 3 aromatic carbocycles. The van der Waals surface area contributed by atoms with Gasteiger partial charge in [-0.05, 0) is 79.9 Å². The zero-order chi connectivity index (χ0) is 23.9. The van der Waals surface area contributed by atoms with Gasteiger partial charge in [-0.15, -0.1) is 0 Å². The first kappa shape index (κ1) is 22.6. The van der Waals surface area contributed by atoms with Gasteiger partial charge in [-0.2, -0.15) is 0 Å². The predicted molar refractivity (Wildman–Crippen MR) is 136 cm³/mol. The van der Waals surface area contributed by atoms with Crippen LogP contribution in [0.25, 0.3) is 5.57 Å². The summed E-state index contributed by atoms with van der Waals surface area (Å²) < 4.78 is 0. The molecule has 0 fully saturated rings. The normalized spacial score (nSPS) is 13.7. The largest absolute Gasteiger partial charge is 0.378 e. The van der Waals surface area contributed by atoms with E-state index >= 15 is 0 Å². The number of hydrogen-bond donors (Lipinski definition) is 1. The molecule has 2 amide bonds. The van der Waals surface area contributed by atoms with E-state index in [2.05, 4.69) is 5.32 Å². The molecular formula is C27H26ClN3O2. The number of imide groups is 1. The molecule has 0 saturated carbocycles. The van der Waals surface area contributed by atoms with Crippen LogP contribution in [-0.2, 0) is 9.59 Å². The number of amides is 2. The van der Waals surface area contributed by atoms with Gasteiger partial charge in [0.1, 0.15) is 5.70 Å². The van der Waals surface area contributed by atoms with Crippen LogP contribution in [0.15, 0.2) is 66.4 Å². The van der Waals surface area contributed by atoms with Gasteiger partial charge >= 0.3 is 0 Å². The number of halogens is 1. The van der Waals surface area contributed by atoms with Crippen LogP contribution in [0.2, 0.25) is 5.02 Å². The summed E-state index contributed by atoms with van der Waals surface area (Å²) in [6, 6.07) is 18.6. The molecule has 0 atom stereocenters. The number of anilines is 3. The minimum atomic E-state index is -0.387. The molecule has 0 radical (unpaired) electrons. The van der Waals surface area contributed by atoms with Crippen molar-refractivity contribution in [3.63, 3.8) is 0 Å². The molecule has 4 rings (SSSR count). The Kier molecular flexibility index (Phi) is 6.00.